The largest absolute Gasteiger partial charge is 0.192 e. The number of nitriles is 2. The maximum atomic E-state index is 9.12. The van der Waals surface area contributed by atoms with Crippen molar-refractivity contribution < 1.29 is 0 Å². The molecule has 0 atom stereocenters. The zero-order valence-corrected chi connectivity index (χ0v) is 11.9. The van der Waals surface area contributed by atoms with Gasteiger partial charge in [-0.15, -0.1) is 0 Å². The van der Waals surface area contributed by atoms with E-state index in [1.807, 2.05) is 48.5 Å². The molecular weight excluding hydrogens is 280 g/mol. The van der Waals surface area contributed by atoms with Crippen LogP contribution in [0.25, 0.3) is 11.6 Å². The summed E-state index contributed by atoms with van der Waals surface area (Å²) in [6.07, 6.45) is 3.65. The van der Waals surface area contributed by atoms with Crippen LogP contribution in [0.3, 0.4) is 0 Å². The molecule has 0 heterocycles. The van der Waals surface area contributed by atoms with Crippen LogP contribution in [-0.4, -0.2) is 0 Å². The van der Waals surface area contributed by atoms with E-state index >= 15 is 0 Å². The van der Waals surface area contributed by atoms with E-state index in [0.29, 0.717) is 10.6 Å². The highest BCUT2D eigenvalue weighted by molar-refractivity contribution is 6.30. The van der Waals surface area contributed by atoms with Gasteiger partial charge in [-0.1, -0.05) is 66.2 Å². The first-order valence-corrected chi connectivity index (χ1v) is 6.66. The van der Waals surface area contributed by atoms with E-state index in [2.05, 4.69) is 0 Å². The van der Waals surface area contributed by atoms with Crippen LogP contribution in [0.1, 0.15) is 11.1 Å². The minimum Gasteiger partial charge on any atom is -0.192 e. The number of hydrogen-bond donors (Lipinski definition) is 0. The van der Waals surface area contributed by atoms with Gasteiger partial charge in [0.15, 0.2) is 0 Å². The Kier molecular flexibility index (Phi) is 4.94. The van der Waals surface area contributed by atoms with Crippen molar-refractivity contribution in [2.75, 3.05) is 0 Å². The van der Waals surface area contributed by atoms with Crippen LogP contribution in [0, 0.1) is 22.7 Å². The van der Waals surface area contributed by atoms with E-state index in [0.717, 1.165) is 11.1 Å². The summed E-state index contributed by atoms with van der Waals surface area (Å²) in [6.45, 7) is 0. The van der Waals surface area contributed by atoms with Gasteiger partial charge >= 0.3 is 0 Å². The Hall–Kier alpha value is -2.81. The molecule has 100 valence electrons. The zero-order chi connectivity index (χ0) is 15.1. The number of rotatable bonds is 3. The molecule has 3 heteroatoms. The number of benzene rings is 2. The number of halogens is 1. The minimum atomic E-state index is 0.0736. The number of nitrogens with zero attached hydrogens (tertiary/aromatic N) is 2. The van der Waals surface area contributed by atoms with Gasteiger partial charge in [-0.05, 0) is 23.3 Å². The molecule has 0 aliphatic carbocycles. The van der Waals surface area contributed by atoms with Crippen molar-refractivity contribution in [2.24, 2.45) is 0 Å². The Labute approximate surface area is 128 Å². The van der Waals surface area contributed by atoms with Gasteiger partial charge < -0.3 is 0 Å². The van der Waals surface area contributed by atoms with Gasteiger partial charge in [0.2, 0.25) is 0 Å². The molecule has 2 nitrogen and oxygen atoms in total. The highest BCUT2D eigenvalue weighted by Crippen LogP contribution is 2.23. The molecule has 0 N–H and O–H groups in total. The molecule has 2 aromatic rings. The molecule has 0 saturated carbocycles. The molecule has 2 rings (SSSR count). The zero-order valence-electron chi connectivity index (χ0n) is 11.1. The summed E-state index contributed by atoms with van der Waals surface area (Å²) in [5, 5.41) is 18.9. The van der Waals surface area contributed by atoms with Crippen LogP contribution in [-0.2, 0) is 0 Å². The maximum absolute atomic E-state index is 9.12. The second-order valence-electron chi connectivity index (χ2n) is 4.26. The van der Waals surface area contributed by atoms with E-state index < -0.39 is 0 Å². The first-order valence-electron chi connectivity index (χ1n) is 6.28. The molecule has 0 aliphatic rings. The lowest BCUT2D eigenvalue weighted by Gasteiger charge is -2.03. The molecule has 21 heavy (non-hydrogen) atoms. The first kappa shape index (κ1) is 14.6. The van der Waals surface area contributed by atoms with Crippen LogP contribution in [0.5, 0.6) is 0 Å². The summed E-state index contributed by atoms with van der Waals surface area (Å²) in [5.74, 6) is 0. The van der Waals surface area contributed by atoms with Crippen molar-refractivity contribution >= 4 is 23.3 Å². The van der Waals surface area contributed by atoms with Gasteiger partial charge in [0.05, 0.1) is 0 Å². The Morgan fingerprint density at radius 2 is 1.52 bits per heavy atom. The lowest BCUT2D eigenvalue weighted by molar-refractivity contribution is 1.46. The van der Waals surface area contributed by atoms with Crippen LogP contribution in [0.15, 0.2) is 66.2 Å². The summed E-state index contributed by atoms with van der Waals surface area (Å²) < 4.78 is 0. The topological polar surface area (TPSA) is 47.6 Å². The number of hydrogen-bond acceptors (Lipinski definition) is 2. The van der Waals surface area contributed by atoms with Gasteiger partial charge in [0.25, 0.3) is 0 Å². The van der Waals surface area contributed by atoms with E-state index in [4.69, 9.17) is 22.1 Å². The van der Waals surface area contributed by atoms with Crippen LogP contribution < -0.4 is 0 Å². The predicted molar refractivity (Wildman–Crippen MR) is 85.1 cm³/mol. The highest BCUT2D eigenvalue weighted by Gasteiger charge is 2.06. The fourth-order valence-electron chi connectivity index (χ4n) is 1.84. The summed E-state index contributed by atoms with van der Waals surface area (Å²) in [4.78, 5) is 0. The third-order valence-electron chi connectivity index (χ3n) is 2.89. The number of allylic oxidation sites excluding steroid dienone is 3. The highest BCUT2D eigenvalue weighted by atomic mass is 35.5. The quantitative estimate of drug-likeness (QED) is 0.599. The van der Waals surface area contributed by atoms with Crippen molar-refractivity contribution in [1.29, 1.82) is 10.5 Å². The van der Waals surface area contributed by atoms with Crippen molar-refractivity contribution in [3.05, 3.63) is 82.4 Å². The second kappa shape index (κ2) is 7.10. The normalized spacial score (nSPS) is 9.86. The van der Waals surface area contributed by atoms with Crippen molar-refractivity contribution in [2.45, 2.75) is 0 Å². The fraction of sp³-hybridized carbons (Fsp3) is 0. The fourth-order valence-corrected chi connectivity index (χ4v) is 1.97. The smallest absolute Gasteiger partial charge is 0.137 e. The van der Waals surface area contributed by atoms with Gasteiger partial charge in [0.1, 0.15) is 17.7 Å². The van der Waals surface area contributed by atoms with E-state index in [1.54, 1.807) is 30.3 Å². The van der Waals surface area contributed by atoms with Gasteiger partial charge in [-0.3, -0.25) is 0 Å². The molecule has 0 fully saturated rings. The Bertz CT molecular complexity index is 742. The SMILES string of the molecule is N#CC(C#N)=C(C=Cc1ccccc1)c1ccc(Cl)cc1. The molecule has 0 unspecified atom stereocenters. The molecule has 0 aliphatic heterocycles. The molecule has 2 aromatic carbocycles. The Morgan fingerprint density at radius 1 is 0.905 bits per heavy atom. The second-order valence-corrected chi connectivity index (χ2v) is 4.70. The molecular formula is C18H11ClN2. The maximum Gasteiger partial charge on any atom is 0.137 e. The first-order chi connectivity index (χ1) is 10.2. The third kappa shape index (κ3) is 3.83. The van der Waals surface area contributed by atoms with Crippen molar-refractivity contribution in [1.82, 2.24) is 0 Å². The van der Waals surface area contributed by atoms with Crippen molar-refractivity contribution in [3.8, 4) is 12.1 Å². The average Bonchev–Trinajstić information content (AvgIpc) is 2.53. The van der Waals surface area contributed by atoms with Gasteiger partial charge in [-0.25, -0.2) is 0 Å². The lowest BCUT2D eigenvalue weighted by atomic mass is 9.99. The van der Waals surface area contributed by atoms with E-state index in [9.17, 15) is 0 Å². The summed E-state index contributed by atoms with van der Waals surface area (Å²) in [5.41, 5.74) is 2.44. The lowest BCUT2D eigenvalue weighted by Crippen LogP contribution is -1.86. The van der Waals surface area contributed by atoms with Crippen LogP contribution in [0.4, 0.5) is 0 Å². The molecule has 0 saturated heterocycles. The summed E-state index contributed by atoms with van der Waals surface area (Å²) >= 11 is 5.87. The molecule has 0 spiro atoms. The van der Waals surface area contributed by atoms with Gasteiger partial charge in [0, 0.05) is 10.6 Å². The standard InChI is InChI=1S/C18H11ClN2/c19-17-9-7-15(8-10-17)18(16(12-20)13-21)11-6-14-4-2-1-3-5-14/h1-11H. The average molecular weight is 291 g/mol. The monoisotopic (exact) mass is 290 g/mol. The van der Waals surface area contributed by atoms with Crippen LogP contribution in [0.2, 0.25) is 5.02 Å². The summed E-state index contributed by atoms with van der Waals surface area (Å²) in [7, 11) is 0. The van der Waals surface area contributed by atoms with Crippen LogP contribution >= 0.6 is 11.6 Å². The van der Waals surface area contributed by atoms with Gasteiger partial charge in [-0.2, -0.15) is 10.5 Å². The predicted octanol–water partition coefficient (Wildman–Crippen LogP) is 4.85. The van der Waals surface area contributed by atoms with E-state index in [1.165, 1.54) is 0 Å². The molecule has 0 bridgehead atoms. The van der Waals surface area contributed by atoms with E-state index in [-0.39, 0.29) is 5.57 Å². The summed E-state index contributed by atoms with van der Waals surface area (Å²) in [6, 6.07) is 20.6. The molecule has 0 amide bonds. The Morgan fingerprint density at radius 3 is 2.10 bits per heavy atom. The molecule has 0 radical (unpaired) electrons. The third-order valence-corrected chi connectivity index (χ3v) is 3.14. The van der Waals surface area contributed by atoms with Crippen molar-refractivity contribution in [3.63, 3.8) is 0 Å². The minimum absolute atomic E-state index is 0.0736. The molecule has 0 aromatic heterocycles. The Balaban J connectivity index is 2.47.